The van der Waals surface area contributed by atoms with Crippen LogP contribution in [0.15, 0.2) is 35.1 Å². The number of nitrogens with zero attached hydrogens (tertiary/aromatic N) is 2. The molecule has 1 aliphatic rings. The molecule has 1 atom stereocenters. The second-order valence-corrected chi connectivity index (χ2v) is 7.33. The van der Waals surface area contributed by atoms with E-state index >= 15 is 0 Å². The van der Waals surface area contributed by atoms with Gasteiger partial charge in [0.15, 0.2) is 0 Å². The molecule has 7 heteroatoms. The van der Waals surface area contributed by atoms with Gasteiger partial charge in [0.25, 0.3) is 11.5 Å². The number of aryl methyl sites for hydroxylation is 2. The lowest BCUT2D eigenvalue weighted by Crippen LogP contribution is -2.53. The van der Waals surface area contributed by atoms with Gasteiger partial charge < -0.3 is 19.5 Å². The maximum absolute atomic E-state index is 13.5. The molecule has 0 radical (unpaired) electrons. The molecule has 154 valence electrons. The van der Waals surface area contributed by atoms with Gasteiger partial charge in [-0.15, -0.1) is 0 Å². The molecule has 1 aromatic heterocycles. The molecule has 2 amide bonds. The van der Waals surface area contributed by atoms with Crippen LogP contribution in [0, 0.1) is 13.8 Å². The van der Waals surface area contributed by atoms with Gasteiger partial charge in [-0.25, -0.2) is 0 Å². The molecule has 0 bridgehead atoms. The lowest BCUT2D eigenvalue weighted by atomic mass is 9.92. The molecule has 0 fully saturated rings. The third-order valence-corrected chi connectivity index (χ3v) is 5.50. The minimum atomic E-state index is -0.657. The van der Waals surface area contributed by atoms with Crippen molar-refractivity contribution < 1.29 is 14.3 Å². The molecule has 0 spiro atoms. The average Bonchev–Trinajstić information content (AvgIpc) is 2.71. The van der Waals surface area contributed by atoms with E-state index in [0.29, 0.717) is 25.1 Å². The van der Waals surface area contributed by atoms with Crippen molar-refractivity contribution in [2.24, 2.45) is 0 Å². The maximum Gasteiger partial charge on any atom is 0.263 e. The van der Waals surface area contributed by atoms with Crippen molar-refractivity contribution in [2.75, 3.05) is 20.8 Å². The topological polar surface area (TPSA) is 80.6 Å². The third-order valence-electron chi connectivity index (χ3n) is 5.50. The van der Waals surface area contributed by atoms with Crippen LogP contribution in [-0.2, 0) is 29.0 Å². The summed E-state index contributed by atoms with van der Waals surface area (Å²) in [5.74, 6) is -0.654. The largest absolute Gasteiger partial charge is 0.383 e. The fourth-order valence-corrected chi connectivity index (χ4v) is 3.93. The fraction of sp³-hybridized carbons (Fsp3) is 0.409. The number of fused-ring (bicyclic) bond motifs is 1. The first kappa shape index (κ1) is 20.8. The molecule has 1 aliphatic heterocycles. The van der Waals surface area contributed by atoms with Crippen molar-refractivity contribution in [3.8, 4) is 0 Å². The molecule has 0 unspecified atom stereocenters. The summed E-state index contributed by atoms with van der Waals surface area (Å²) in [5.41, 5.74) is 3.18. The molecule has 1 N–H and O–H groups in total. The van der Waals surface area contributed by atoms with Crippen molar-refractivity contribution in [2.45, 2.75) is 39.4 Å². The lowest BCUT2D eigenvalue weighted by Gasteiger charge is -2.36. The first-order valence-corrected chi connectivity index (χ1v) is 9.68. The molecule has 0 saturated heterocycles. The summed E-state index contributed by atoms with van der Waals surface area (Å²) in [5, 5.41) is 2.65. The maximum atomic E-state index is 13.5. The van der Waals surface area contributed by atoms with E-state index in [1.807, 2.05) is 37.3 Å². The summed E-state index contributed by atoms with van der Waals surface area (Å²) in [7, 11) is 3.13. The molecule has 29 heavy (non-hydrogen) atoms. The van der Waals surface area contributed by atoms with Crippen LogP contribution in [-0.4, -0.2) is 48.1 Å². The number of carbonyl (C=O) groups is 2. The number of pyridine rings is 1. The summed E-state index contributed by atoms with van der Waals surface area (Å²) >= 11 is 0. The average molecular weight is 397 g/mol. The second kappa shape index (κ2) is 8.61. The Balaban J connectivity index is 2.06. The van der Waals surface area contributed by atoms with E-state index in [1.54, 1.807) is 25.6 Å². The van der Waals surface area contributed by atoms with Crippen LogP contribution in [0.1, 0.15) is 32.7 Å². The van der Waals surface area contributed by atoms with E-state index in [1.165, 1.54) is 4.90 Å². The number of methoxy groups -OCH3 is 1. The van der Waals surface area contributed by atoms with Gasteiger partial charge in [0.05, 0.1) is 6.61 Å². The van der Waals surface area contributed by atoms with E-state index in [0.717, 1.165) is 16.8 Å². The monoisotopic (exact) mass is 397 g/mol. The molecule has 0 aliphatic carbocycles. The Morgan fingerprint density at radius 3 is 2.55 bits per heavy atom. The standard InChI is InChI=1S/C22H27N3O4/c1-14-11-15(2)24(9-10-29-4)21(27)19(14)22(28)25-13-17-8-6-5-7-16(17)12-18(25)20(26)23-3/h5-8,11,18H,9-10,12-13H2,1-4H3,(H,23,26)/t18-/m0/s1. The Labute approximate surface area is 170 Å². The minimum absolute atomic E-state index is 0.111. The summed E-state index contributed by atoms with van der Waals surface area (Å²) in [6.07, 6.45) is 0.421. The Kier molecular flexibility index (Phi) is 6.17. The van der Waals surface area contributed by atoms with Gasteiger partial charge in [-0.2, -0.15) is 0 Å². The quantitative estimate of drug-likeness (QED) is 0.828. The summed E-state index contributed by atoms with van der Waals surface area (Å²) < 4.78 is 6.65. The highest BCUT2D eigenvalue weighted by Crippen LogP contribution is 2.25. The number of hydrogen-bond donors (Lipinski definition) is 1. The van der Waals surface area contributed by atoms with Gasteiger partial charge in [-0.05, 0) is 36.6 Å². The number of rotatable bonds is 5. The fourth-order valence-electron chi connectivity index (χ4n) is 3.93. The third kappa shape index (κ3) is 3.96. The summed E-state index contributed by atoms with van der Waals surface area (Å²) in [6.45, 7) is 4.62. The van der Waals surface area contributed by atoms with Gasteiger partial charge >= 0.3 is 0 Å². The predicted octanol–water partition coefficient (Wildman–Crippen LogP) is 1.42. The summed E-state index contributed by atoms with van der Waals surface area (Å²) in [4.78, 5) is 40.7. The number of carbonyl (C=O) groups excluding carboxylic acids is 2. The van der Waals surface area contributed by atoms with Gasteiger partial charge in [-0.3, -0.25) is 14.4 Å². The van der Waals surface area contributed by atoms with Crippen molar-refractivity contribution in [3.05, 3.63) is 68.6 Å². The lowest BCUT2D eigenvalue weighted by molar-refractivity contribution is -0.125. The second-order valence-electron chi connectivity index (χ2n) is 7.33. The first-order chi connectivity index (χ1) is 13.9. The molecule has 3 rings (SSSR count). The van der Waals surface area contributed by atoms with Crippen LogP contribution in [0.5, 0.6) is 0 Å². The smallest absolute Gasteiger partial charge is 0.263 e. The highest BCUT2D eigenvalue weighted by atomic mass is 16.5. The molecule has 2 aromatic rings. The van der Waals surface area contributed by atoms with Crippen molar-refractivity contribution in [3.63, 3.8) is 0 Å². The van der Waals surface area contributed by atoms with Crippen LogP contribution in [0.3, 0.4) is 0 Å². The van der Waals surface area contributed by atoms with Crippen LogP contribution >= 0.6 is 0 Å². The van der Waals surface area contributed by atoms with Crippen molar-refractivity contribution >= 4 is 11.8 Å². The zero-order valence-corrected chi connectivity index (χ0v) is 17.3. The number of likely N-dealkylation sites (N-methyl/N-ethyl adjacent to an activating group) is 1. The number of nitrogens with one attached hydrogen (secondary N) is 1. The van der Waals surface area contributed by atoms with Gasteiger partial charge in [0, 0.05) is 39.4 Å². The summed E-state index contributed by atoms with van der Waals surface area (Å²) in [6, 6.07) is 8.94. The van der Waals surface area contributed by atoms with E-state index in [2.05, 4.69) is 5.32 Å². The van der Waals surface area contributed by atoms with Crippen LogP contribution < -0.4 is 10.9 Å². The van der Waals surface area contributed by atoms with Gasteiger partial charge in [0.1, 0.15) is 11.6 Å². The Morgan fingerprint density at radius 1 is 1.21 bits per heavy atom. The minimum Gasteiger partial charge on any atom is -0.383 e. The van der Waals surface area contributed by atoms with Crippen LogP contribution in [0.4, 0.5) is 0 Å². The molecule has 2 heterocycles. The van der Waals surface area contributed by atoms with Crippen molar-refractivity contribution in [1.82, 2.24) is 14.8 Å². The highest BCUT2D eigenvalue weighted by Gasteiger charge is 2.36. The zero-order valence-electron chi connectivity index (χ0n) is 17.3. The van der Waals surface area contributed by atoms with Crippen LogP contribution in [0.25, 0.3) is 0 Å². The van der Waals surface area contributed by atoms with E-state index < -0.39 is 11.9 Å². The number of hydrogen-bond acceptors (Lipinski definition) is 4. The number of amides is 2. The highest BCUT2D eigenvalue weighted by molar-refractivity contribution is 5.98. The Bertz CT molecular complexity index is 996. The molecule has 0 saturated carbocycles. The van der Waals surface area contributed by atoms with Gasteiger partial charge in [-0.1, -0.05) is 24.3 Å². The van der Waals surface area contributed by atoms with Crippen LogP contribution in [0.2, 0.25) is 0 Å². The first-order valence-electron chi connectivity index (χ1n) is 9.68. The Hall–Kier alpha value is -2.93. The van der Waals surface area contributed by atoms with E-state index in [9.17, 15) is 14.4 Å². The van der Waals surface area contributed by atoms with E-state index in [4.69, 9.17) is 4.74 Å². The number of aromatic nitrogens is 1. The molecular weight excluding hydrogens is 370 g/mol. The number of benzene rings is 1. The van der Waals surface area contributed by atoms with E-state index in [-0.39, 0.29) is 23.6 Å². The Morgan fingerprint density at radius 2 is 1.90 bits per heavy atom. The SMILES string of the molecule is CNC(=O)[C@@H]1Cc2ccccc2CN1C(=O)c1c(C)cc(C)n(CCOC)c1=O. The van der Waals surface area contributed by atoms with Crippen molar-refractivity contribution in [1.29, 1.82) is 0 Å². The molecule has 7 nitrogen and oxygen atoms in total. The number of ether oxygens (including phenoxy) is 1. The molecular formula is C22H27N3O4. The zero-order chi connectivity index (χ0) is 21.1. The normalized spacial score (nSPS) is 15.7. The predicted molar refractivity (Wildman–Crippen MR) is 110 cm³/mol. The molecule has 1 aromatic carbocycles. The van der Waals surface area contributed by atoms with Gasteiger partial charge in [0.2, 0.25) is 5.91 Å².